The van der Waals surface area contributed by atoms with Crippen molar-refractivity contribution in [3.8, 4) is 0 Å². The van der Waals surface area contributed by atoms with E-state index in [1.807, 2.05) is 6.26 Å². The van der Waals surface area contributed by atoms with Gasteiger partial charge in [-0.1, -0.05) is 11.8 Å². The third-order valence-electron chi connectivity index (χ3n) is 3.39. The van der Waals surface area contributed by atoms with Crippen LogP contribution in [-0.2, 0) is 4.74 Å². The number of aromatic amines is 1. The van der Waals surface area contributed by atoms with E-state index in [1.165, 1.54) is 11.8 Å². The number of nitrogens with two attached hydrogens (primary N) is 1. The van der Waals surface area contributed by atoms with Crippen LogP contribution in [0.3, 0.4) is 0 Å². The molecule has 2 aromatic rings. The van der Waals surface area contributed by atoms with Crippen molar-refractivity contribution < 1.29 is 14.9 Å². The molecule has 9 nitrogen and oxygen atoms in total. The van der Waals surface area contributed by atoms with Gasteiger partial charge in [-0.25, -0.2) is 4.98 Å². The molecule has 0 saturated carbocycles. The average molecular weight is 313 g/mol. The molecule has 1 fully saturated rings. The summed E-state index contributed by atoms with van der Waals surface area (Å²) in [6.07, 6.45) is 0.0781. The number of anilines is 1. The third-order valence-corrected chi connectivity index (χ3v) is 4.04. The monoisotopic (exact) mass is 313 g/mol. The number of H-pyrrole nitrogens is 1. The number of aliphatic hydroxyl groups excluding tert-OH is 2. The lowest BCUT2D eigenvalue weighted by Crippen LogP contribution is -2.24. The molecule has 0 radical (unpaired) electrons. The van der Waals surface area contributed by atoms with Crippen LogP contribution < -0.4 is 11.3 Å². The molecule has 3 atom stereocenters. The van der Waals surface area contributed by atoms with Crippen LogP contribution in [0.4, 0.5) is 5.95 Å². The van der Waals surface area contributed by atoms with Gasteiger partial charge in [0.1, 0.15) is 12.3 Å². The molecule has 0 unspecified atom stereocenters. The summed E-state index contributed by atoms with van der Waals surface area (Å²) >= 11 is 1.33. The van der Waals surface area contributed by atoms with Gasteiger partial charge in [-0.15, -0.1) is 0 Å². The Morgan fingerprint density at radius 2 is 2.33 bits per heavy atom. The van der Waals surface area contributed by atoms with Crippen LogP contribution in [0.1, 0.15) is 12.6 Å². The molecule has 0 bridgehead atoms. The summed E-state index contributed by atoms with van der Waals surface area (Å²) in [7, 11) is 0. The number of nitrogens with zero attached hydrogens (tertiary/aromatic N) is 3. The number of fused-ring (bicyclic) bond motifs is 1. The van der Waals surface area contributed by atoms with Gasteiger partial charge in [0, 0.05) is 6.42 Å². The zero-order valence-corrected chi connectivity index (χ0v) is 12.0. The Bertz CT molecular complexity index is 729. The summed E-state index contributed by atoms with van der Waals surface area (Å²) in [5.41, 5.74) is 5.62. The Morgan fingerprint density at radius 1 is 1.57 bits per heavy atom. The van der Waals surface area contributed by atoms with Crippen molar-refractivity contribution in [1.82, 2.24) is 19.5 Å². The molecule has 3 rings (SSSR count). The van der Waals surface area contributed by atoms with E-state index in [-0.39, 0.29) is 24.5 Å². The fraction of sp³-hybridized carbons (Fsp3) is 0.545. The topological polar surface area (TPSA) is 139 Å². The summed E-state index contributed by atoms with van der Waals surface area (Å²) < 4.78 is 7.24. The SMILES string of the molecule is CSc1nc2c(=O)[nH]c(N)nc2n1[C@H]1C[C@@H](O)[C@@H](CO)O1. The number of aliphatic hydroxyl groups is 2. The van der Waals surface area contributed by atoms with Gasteiger partial charge in [-0.05, 0) is 6.26 Å². The fourth-order valence-electron chi connectivity index (χ4n) is 2.42. The van der Waals surface area contributed by atoms with Gasteiger partial charge >= 0.3 is 0 Å². The molecule has 0 spiro atoms. The highest BCUT2D eigenvalue weighted by molar-refractivity contribution is 7.98. The number of hydrogen-bond acceptors (Lipinski definition) is 8. The third kappa shape index (κ3) is 2.29. The number of ether oxygens (including phenoxy) is 1. The summed E-state index contributed by atoms with van der Waals surface area (Å²) in [6.45, 7) is -0.283. The van der Waals surface area contributed by atoms with Crippen LogP contribution in [0.25, 0.3) is 11.2 Å². The average Bonchev–Trinajstić information content (AvgIpc) is 2.98. The van der Waals surface area contributed by atoms with Crippen LogP contribution in [0.2, 0.25) is 0 Å². The smallest absolute Gasteiger partial charge is 0.280 e. The fourth-order valence-corrected chi connectivity index (χ4v) is 3.01. The van der Waals surface area contributed by atoms with Gasteiger partial charge < -0.3 is 20.7 Å². The summed E-state index contributed by atoms with van der Waals surface area (Å²) in [5.74, 6) is -0.0152. The predicted octanol–water partition coefficient (Wildman–Crippen LogP) is -0.936. The molecule has 1 aliphatic heterocycles. The molecule has 114 valence electrons. The first-order valence-corrected chi connectivity index (χ1v) is 7.53. The lowest BCUT2D eigenvalue weighted by Gasteiger charge is -2.15. The Kier molecular flexibility index (Phi) is 3.61. The molecule has 5 N–H and O–H groups in total. The lowest BCUT2D eigenvalue weighted by molar-refractivity contribution is -0.0457. The second-order valence-corrected chi connectivity index (χ2v) is 5.48. The molecule has 10 heteroatoms. The van der Waals surface area contributed by atoms with E-state index < -0.39 is 24.0 Å². The number of thioether (sulfide) groups is 1. The normalized spacial score (nSPS) is 25.8. The maximum absolute atomic E-state index is 11.9. The van der Waals surface area contributed by atoms with E-state index in [4.69, 9.17) is 10.5 Å². The number of nitrogen functional groups attached to an aromatic ring is 1. The zero-order valence-electron chi connectivity index (χ0n) is 11.2. The molecular weight excluding hydrogens is 298 g/mol. The first kappa shape index (κ1) is 14.3. The zero-order chi connectivity index (χ0) is 15.1. The number of nitrogens with one attached hydrogen (secondary N) is 1. The standard InChI is InChI=1S/C11H15N5O4S/c1-21-11-13-7-8(14-10(12)15-9(7)19)16(11)6-2-4(18)5(3-17)20-6/h4-6,17-18H,2-3H2,1H3,(H3,12,14,15,19)/t4-,5-,6-/m1/s1. The lowest BCUT2D eigenvalue weighted by atomic mass is 10.2. The predicted molar refractivity (Wildman–Crippen MR) is 76.0 cm³/mol. The largest absolute Gasteiger partial charge is 0.394 e. The van der Waals surface area contributed by atoms with Crippen molar-refractivity contribution in [2.24, 2.45) is 0 Å². The molecule has 1 saturated heterocycles. The van der Waals surface area contributed by atoms with Crippen LogP contribution in [0, 0.1) is 0 Å². The Hall–Kier alpha value is -1.62. The van der Waals surface area contributed by atoms with E-state index in [9.17, 15) is 15.0 Å². The molecular formula is C11H15N5O4S. The van der Waals surface area contributed by atoms with Gasteiger partial charge in [0.05, 0.1) is 12.7 Å². The molecule has 21 heavy (non-hydrogen) atoms. The molecule has 1 aliphatic rings. The van der Waals surface area contributed by atoms with E-state index in [2.05, 4.69) is 15.0 Å². The number of rotatable bonds is 3. The van der Waals surface area contributed by atoms with Crippen LogP contribution in [-0.4, -0.2) is 54.8 Å². The number of imidazole rings is 1. The minimum atomic E-state index is -0.786. The first-order valence-electron chi connectivity index (χ1n) is 6.31. The van der Waals surface area contributed by atoms with Gasteiger partial charge in [-0.3, -0.25) is 14.3 Å². The highest BCUT2D eigenvalue weighted by atomic mass is 32.2. The van der Waals surface area contributed by atoms with Crippen molar-refractivity contribution in [2.75, 3.05) is 18.6 Å². The maximum atomic E-state index is 11.9. The Balaban J connectivity index is 2.15. The first-order chi connectivity index (χ1) is 10.0. The number of aromatic nitrogens is 4. The summed E-state index contributed by atoms with van der Waals surface area (Å²) in [5, 5.41) is 19.6. The number of hydrogen-bond donors (Lipinski definition) is 4. The summed E-state index contributed by atoms with van der Waals surface area (Å²) in [6, 6.07) is 0. The van der Waals surface area contributed by atoms with Crippen molar-refractivity contribution in [1.29, 1.82) is 0 Å². The van der Waals surface area contributed by atoms with E-state index in [0.717, 1.165) is 0 Å². The molecule has 0 amide bonds. The second-order valence-electron chi connectivity index (χ2n) is 4.71. The van der Waals surface area contributed by atoms with Crippen molar-refractivity contribution in [2.45, 2.75) is 30.0 Å². The molecule has 2 aromatic heterocycles. The highest BCUT2D eigenvalue weighted by Crippen LogP contribution is 2.34. The Labute approximate surface area is 123 Å². The van der Waals surface area contributed by atoms with E-state index in [1.54, 1.807) is 4.57 Å². The van der Waals surface area contributed by atoms with Gasteiger partial charge in [0.15, 0.2) is 16.3 Å². The minimum absolute atomic E-state index is 0.0152. The van der Waals surface area contributed by atoms with Crippen LogP contribution in [0.15, 0.2) is 9.95 Å². The molecule has 0 aliphatic carbocycles. The molecule has 3 heterocycles. The Morgan fingerprint density at radius 3 is 2.95 bits per heavy atom. The molecule has 0 aromatic carbocycles. The van der Waals surface area contributed by atoms with E-state index in [0.29, 0.717) is 10.8 Å². The maximum Gasteiger partial charge on any atom is 0.280 e. The van der Waals surface area contributed by atoms with Crippen molar-refractivity contribution in [3.63, 3.8) is 0 Å². The van der Waals surface area contributed by atoms with Crippen LogP contribution >= 0.6 is 11.8 Å². The minimum Gasteiger partial charge on any atom is -0.394 e. The van der Waals surface area contributed by atoms with Gasteiger partial charge in [0.25, 0.3) is 5.56 Å². The van der Waals surface area contributed by atoms with E-state index >= 15 is 0 Å². The van der Waals surface area contributed by atoms with Crippen molar-refractivity contribution in [3.05, 3.63) is 10.4 Å². The van der Waals surface area contributed by atoms with Gasteiger partial charge in [0.2, 0.25) is 5.95 Å². The van der Waals surface area contributed by atoms with Gasteiger partial charge in [-0.2, -0.15) is 4.98 Å². The highest BCUT2D eigenvalue weighted by Gasteiger charge is 2.36. The quantitative estimate of drug-likeness (QED) is 0.533. The summed E-state index contributed by atoms with van der Waals surface area (Å²) in [4.78, 5) is 22.6. The van der Waals surface area contributed by atoms with Crippen molar-refractivity contribution >= 4 is 28.9 Å². The second kappa shape index (κ2) is 5.30. The van der Waals surface area contributed by atoms with Crippen LogP contribution in [0.5, 0.6) is 0 Å².